The van der Waals surface area contributed by atoms with E-state index in [9.17, 15) is 4.79 Å². The minimum Gasteiger partial charge on any atom is -0.341 e. The Morgan fingerprint density at radius 1 is 1.45 bits per heavy atom. The third kappa shape index (κ3) is 2.74. The van der Waals surface area contributed by atoms with Crippen molar-refractivity contribution < 1.29 is 9.32 Å². The molecule has 0 aliphatic heterocycles. The Kier molecular flexibility index (Phi) is 3.65. The van der Waals surface area contributed by atoms with Crippen molar-refractivity contribution in [1.29, 1.82) is 0 Å². The van der Waals surface area contributed by atoms with Crippen LogP contribution in [0.5, 0.6) is 0 Å². The Morgan fingerprint density at radius 3 is 2.70 bits per heavy atom. The zero-order valence-electron chi connectivity index (χ0n) is 12.5. The highest BCUT2D eigenvalue weighted by atomic mass is 16.5. The summed E-state index contributed by atoms with van der Waals surface area (Å²) in [7, 11) is 0. The van der Waals surface area contributed by atoms with E-state index in [1.807, 2.05) is 44.5 Å². The first kappa shape index (κ1) is 14.3. The van der Waals surface area contributed by atoms with Crippen LogP contribution in [0.4, 0.5) is 0 Å². The van der Waals surface area contributed by atoms with Crippen molar-refractivity contribution in [2.24, 2.45) is 0 Å². The third-order valence-corrected chi connectivity index (χ3v) is 3.08. The van der Waals surface area contributed by atoms with E-state index in [0.29, 0.717) is 17.4 Å². The number of aryl methyl sites for hydroxylation is 1. The number of carbonyl (C=O) groups is 1. The van der Waals surface area contributed by atoms with Crippen LogP contribution < -0.4 is 5.32 Å². The van der Waals surface area contributed by atoms with Crippen LogP contribution in [-0.4, -0.2) is 20.6 Å². The standard InChI is InChI=1S/C14H20N4O2/c1-9(2)18-8-6-7-11(18)12(19)16-14(4,5)13-15-10(3)20-17-13/h6-9H,1-5H3,(H,16,19). The first-order valence-electron chi connectivity index (χ1n) is 6.61. The van der Waals surface area contributed by atoms with Crippen LogP contribution in [-0.2, 0) is 5.54 Å². The lowest BCUT2D eigenvalue weighted by Gasteiger charge is -2.23. The molecule has 0 bridgehead atoms. The number of carbonyl (C=O) groups excluding carboxylic acids is 1. The van der Waals surface area contributed by atoms with Crippen LogP contribution >= 0.6 is 0 Å². The third-order valence-electron chi connectivity index (χ3n) is 3.08. The van der Waals surface area contributed by atoms with E-state index in [4.69, 9.17) is 4.52 Å². The first-order valence-corrected chi connectivity index (χ1v) is 6.61. The fourth-order valence-corrected chi connectivity index (χ4v) is 1.99. The van der Waals surface area contributed by atoms with Gasteiger partial charge in [0.1, 0.15) is 5.69 Å². The summed E-state index contributed by atoms with van der Waals surface area (Å²) in [4.78, 5) is 16.6. The van der Waals surface area contributed by atoms with Gasteiger partial charge in [0.15, 0.2) is 5.82 Å². The second kappa shape index (κ2) is 5.11. The van der Waals surface area contributed by atoms with Crippen LogP contribution in [0.25, 0.3) is 0 Å². The highest BCUT2D eigenvalue weighted by molar-refractivity contribution is 5.93. The maximum absolute atomic E-state index is 12.4. The zero-order valence-corrected chi connectivity index (χ0v) is 12.5. The highest BCUT2D eigenvalue weighted by Gasteiger charge is 2.29. The van der Waals surface area contributed by atoms with Crippen molar-refractivity contribution in [3.63, 3.8) is 0 Å². The molecule has 2 aromatic heterocycles. The Bertz CT molecular complexity index is 610. The Hall–Kier alpha value is -2.11. The van der Waals surface area contributed by atoms with Crippen LogP contribution in [0, 0.1) is 6.92 Å². The normalized spacial score (nSPS) is 11.9. The number of nitrogens with one attached hydrogen (secondary N) is 1. The molecule has 0 saturated carbocycles. The Labute approximate surface area is 118 Å². The summed E-state index contributed by atoms with van der Waals surface area (Å²) in [6.07, 6.45) is 1.89. The van der Waals surface area contributed by atoms with Crippen LogP contribution in [0.15, 0.2) is 22.9 Å². The number of amides is 1. The molecule has 0 aliphatic carbocycles. The van der Waals surface area contributed by atoms with Gasteiger partial charge in [0.2, 0.25) is 5.89 Å². The van der Waals surface area contributed by atoms with Crippen LogP contribution in [0.2, 0.25) is 0 Å². The molecule has 1 N–H and O–H groups in total. The SMILES string of the molecule is Cc1nc(C(C)(C)NC(=O)c2cccn2C(C)C)no1. The van der Waals surface area contributed by atoms with Crippen LogP contribution in [0.1, 0.15) is 55.9 Å². The highest BCUT2D eigenvalue weighted by Crippen LogP contribution is 2.18. The molecule has 2 aromatic rings. The quantitative estimate of drug-likeness (QED) is 0.930. The van der Waals surface area contributed by atoms with E-state index < -0.39 is 5.54 Å². The Morgan fingerprint density at radius 2 is 2.15 bits per heavy atom. The number of aromatic nitrogens is 3. The van der Waals surface area contributed by atoms with Crippen molar-refractivity contribution in [1.82, 2.24) is 20.0 Å². The topological polar surface area (TPSA) is 73.0 Å². The fourth-order valence-electron chi connectivity index (χ4n) is 1.99. The van der Waals surface area contributed by atoms with Crippen LogP contribution in [0.3, 0.4) is 0 Å². The molecule has 108 valence electrons. The minimum absolute atomic E-state index is 0.156. The van der Waals surface area contributed by atoms with Gasteiger partial charge in [-0.25, -0.2) is 0 Å². The smallest absolute Gasteiger partial charge is 0.268 e. The van der Waals surface area contributed by atoms with E-state index >= 15 is 0 Å². The van der Waals surface area contributed by atoms with E-state index in [2.05, 4.69) is 15.5 Å². The lowest BCUT2D eigenvalue weighted by atomic mass is 10.0. The van der Waals surface area contributed by atoms with Gasteiger partial charge in [0.05, 0.1) is 5.54 Å². The number of nitrogens with zero attached hydrogens (tertiary/aromatic N) is 3. The van der Waals surface area contributed by atoms with Crippen molar-refractivity contribution in [3.05, 3.63) is 35.7 Å². The summed E-state index contributed by atoms with van der Waals surface area (Å²) in [5.41, 5.74) is -0.0747. The molecule has 0 aromatic carbocycles. The molecule has 6 nitrogen and oxygen atoms in total. The number of rotatable bonds is 4. The molecule has 0 saturated heterocycles. The predicted molar refractivity (Wildman–Crippen MR) is 74.3 cm³/mol. The van der Waals surface area contributed by atoms with Crippen molar-refractivity contribution >= 4 is 5.91 Å². The van der Waals surface area contributed by atoms with Crippen molar-refractivity contribution in [2.75, 3.05) is 0 Å². The summed E-state index contributed by atoms with van der Waals surface area (Å²) in [5, 5.41) is 6.81. The molecular weight excluding hydrogens is 256 g/mol. The largest absolute Gasteiger partial charge is 0.341 e. The molecule has 0 aliphatic rings. The minimum atomic E-state index is -0.694. The second-order valence-corrected chi connectivity index (χ2v) is 5.61. The van der Waals surface area contributed by atoms with Gasteiger partial charge in [-0.15, -0.1) is 0 Å². The van der Waals surface area contributed by atoms with Gasteiger partial charge in [-0.1, -0.05) is 5.16 Å². The van der Waals surface area contributed by atoms with E-state index in [1.165, 1.54) is 0 Å². The molecule has 2 heterocycles. The predicted octanol–water partition coefficient (Wildman–Crippen LogP) is 2.43. The molecule has 1 amide bonds. The molecule has 0 fully saturated rings. The molecule has 0 spiro atoms. The molecule has 0 atom stereocenters. The molecule has 6 heteroatoms. The van der Waals surface area contributed by atoms with Gasteiger partial charge < -0.3 is 14.4 Å². The summed E-state index contributed by atoms with van der Waals surface area (Å²) in [6, 6.07) is 3.88. The summed E-state index contributed by atoms with van der Waals surface area (Å²) < 4.78 is 6.89. The second-order valence-electron chi connectivity index (χ2n) is 5.61. The molecular formula is C14H20N4O2. The van der Waals surface area contributed by atoms with Gasteiger partial charge in [0, 0.05) is 19.2 Å². The fraction of sp³-hybridized carbons (Fsp3) is 0.500. The number of hydrogen-bond acceptors (Lipinski definition) is 4. The van der Waals surface area contributed by atoms with Crippen molar-refractivity contribution in [3.8, 4) is 0 Å². The summed E-state index contributed by atoms with van der Waals surface area (Å²) in [5.74, 6) is 0.787. The average Bonchev–Trinajstić information content (AvgIpc) is 2.96. The van der Waals surface area contributed by atoms with Gasteiger partial charge in [-0.3, -0.25) is 4.79 Å². The van der Waals surface area contributed by atoms with Gasteiger partial charge >= 0.3 is 0 Å². The monoisotopic (exact) mass is 276 g/mol. The molecule has 20 heavy (non-hydrogen) atoms. The Balaban J connectivity index is 2.20. The zero-order chi connectivity index (χ0) is 14.9. The maximum atomic E-state index is 12.4. The molecule has 2 rings (SSSR count). The van der Waals surface area contributed by atoms with Gasteiger partial charge in [-0.05, 0) is 39.8 Å². The summed E-state index contributed by atoms with van der Waals surface area (Å²) in [6.45, 7) is 9.48. The average molecular weight is 276 g/mol. The molecule has 0 unspecified atom stereocenters. The van der Waals surface area contributed by atoms with Gasteiger partial charge in [-0.2, -0.15) is 4.98 Å². The van der Waals surface area contributed by atoms with E-state index in [1.54, 1.807) is 13.0 Å². The maximum Gasteiger partial charge on any atom is 0.268 e. The van der Waals surface area contributed by atoms with E-state index in [0.717, 1.165) is 0 Å². The van der Waals surface area contributed by atoms with Crippen molar-refractivity contribution in [2.45, 2.75) is 46.2 Å². The summed E-state index contributed by atoms with van der Waals surface area (Å²) >= 11 is 0. The number of hydrogen-bond donors (Lipinski definition) is 1. The lowest BCUT2D eigenvalue weighted by Crippen LogP contribution is -2.42. The van der Waals surface area contributed by atoms with Gasteiger partial charge in [0.25, 0.3) is 5.91 Å². The first-order chi connectivity index (χ1) is 9.31. The van der Waals surface area contributed by atoms with E-state index in [-0.39, 0.29) is 11.9 Å². The lowest BCUT2D eigenvalue weighted by molar-refractivity contribution is 0.0896. The molecule has 0 radical (unpaired) electrons.